The summed E-state index contributed by atoms with van der Waals surface area (Å²) >= 11 is 3.20. The molecule has 1 fully saturated rings. The maximum Gasteiger partial charge on any atom is 0.320 e. The molecule has 7 heteroatoms. The predicted molar refractivity (Wildman–Crippen MR) is 71.9 cm³/mol. The van der Waals surface area contributed by atoms with Crippen molar-refractivity contribution in [2.24, 2.45) is 0 Å². The van der Waals surface area contributed by atoms with Gasteiger partial charge in [-0.3, -0.25) is 19.8 Å². The molecule has 1 saturated heterocycles. The maximum absolute atomic E-state index is 11.1. The number of nitro groups is 1. The summed E-state index contributed by atoms with van der Waals surface area (Å²) in [6.07, 6.45) is 1.40. The van der Waals surface area contributed by atoms with Crippen LogP contribution in [0.15, 0.2) is 22.7 Å². The normalized spacial score (nSPS) is 19.5. The zero-order valence-electron chi connectivity index (χ0n) is 10.1. The van der Waals surface area contributed by atoms with Gasteiger partial charge in [0, 0.05) is 22.6 Å². The molecular formula is C12H13BrN2O4. The largest absolute Gasteiger partial charge is 0.480 e. The number of benzene rings is 1. The highest BCUT2D eigenvalue weighted by Gasteiger charge is 2.31. The number of nitrogens with zero attached hydrogens (tertiary/aromatic N) is 2. The van der Waals surface area contributed by atoms with Crippen LogP contribution in [0.4, 0.5) is 5.69 Å². The first-order chi connectivity index (χ1) is 8.99. The molecule has 1 atom stereocenters. The van der Waals surface area contributed by atoms with E-state index in [2.05, 4.69) is 15.9 Å². The van der Waals surface area contributed by atoms with Crippen molar-refractivity contribution in [1.29, 1.82) is 0 Å². The van der Waals surface area contributed by atoms with E-state index in [1.54, 1.807) is 17.0 Å². The fraction of sp³-hybridized carbons (Fsp3) is 0.417. The minimum absolute atomic E-state index is 0.0189. The van der Waals surface area contributed by atoms with Crippen molar-refractivity contribution in [2.45, 2.75) is 25.4 Å². The van der Waals surface area contributed by atoms with Crippen LogP contribution in [0.5, 0.6) is 0 Å². The van der Waals surface area contributed by atoms with Gasteiger partial charge < -0.3 is 5.11 Å². The van der Waals surface area contributed by atoms with Crippen molar-refractivity contribution < 1.29 is 14.8 Å². The summed E-state index contributed by atoms with van der Waals surface area (Å²) in [5, 5.41) is 20.1. The average molecular weight is 329 g/mol. The summed E-state index contributed by atoms with van der Waals surface area (Å²) in [6.45, 7) is 0.949. The van der Waals surface area contributed by atoms with Crippen LogP contribution < -0.4 is 0 Å². The Morgan fingerprint density at radius 2 is 2.32 bits per heavy atom. The van der Waals surface area contributed by atoms with Crippen LogP contribution in [0.2, 0.25) is 0 Å². The van der Waals surface area contributed by atoms with Crippen molar-refractivity contribution in [2.75, 3.05) is 6.54 Å². The summed E-state index contributed by atoms with van der Waals surface area (Å²) in [4.78, 5) is 23.4. The Morgan fingerprint density at radius 1 is 1.58 bits per heavy atom. The molecule has 0 saturated carbocycles. The number of carbonyl (C=O) groups is 1. The average Bonchev–Trinajstić information content (AvgIpc) is 2.79. The van der Waals surface area contributed by atoms with Gasteiger partial charge >= 0.3 is 5.97 Å². The van der Waals surface area contributed by atoms with Gasteiger partial charge in [0.15, 0.2) is 0 Å². The van der Waals surface area contributed by atoms with Gasteiger partial charge in [0.25, 0.3) is 5.69 Å². The highest BCUT2D eigenvalue weighted by atomic mass is 79.9. The molecular weight excluding hydrogens is 316 g/mol. The number of nitro benzene ring substituents is 1. The summed E-state index contributed by atoms with van der Waals surface area (Å²) in [7, 11) is 0. The van der Waals surface area contributed by atoms with Crippen LogP contribution in [0.1, 0.15) is 18.4 Å². The van der Waals surface area contributed by atoms with Gasteiger partial charge in [-0.15, -0.1) is 0 Å². The number of carboxylic acid groups (broad SMARTS) is 1. The molecule has 6 nitrogen and oxygen atoms in total. The summed E-state index contributed by atoms with van der Waals surface area (Å²) in [5.41, 5.74) is 0.562. The van der Waals surface area contributed by atoms with Crippen LogP contribution in [-0.4, -0.2) is 33.5 Å². The van der Waals surface area contributed by atoms with E-state index in [1.165, 1.54) is 6.07 Å². The van der Waals surface area contributed by atoms with Crippen molar-refractivity contribution >= 4 is 27.6 Å². The van der Waals surface area contributed by atoms with E-state index in [9.17, 15) is 14.9 Å². The van der Waals surface area contributed by atoms with Crippen LogP contribution in [0.3, 0.4) is 0 Å². The highest BCUT2D eigenvalue weighted by Crippen LogP contribution is 2.27. The zero-order valence-corrected chi connectivity index (χ0v) is 11.7. The molecule has 0 radical (unpaired) electrons. The van der Waals surface area contributed by atoms with Gasteiger partial charge in [0.2, 0.25) is 0 Å². The summed E-state index contributed by atoms with van der Waals surface area (Å²) < 4.78 is 0.638. The van der Waals surface area contributed by atoms with Crippen LogP contribution in [-0.2, 0) is 11.3 Å². The van der Waals surface area contributed by atoms with E-state index >= 15 is 0 Å². The molecule has 0 aromatic heterocycles. The van der Waals surface area contributed by atoms with E-state index < -0.39 is 16.9 Å². The highest BCUT2D eigenvalue weighted by molar-refractivity contribution is 9.10. The number of rotatable bonds is 4. The second-order valence-corrected chi connectivity index (χ2v) is 5.41. The second kappa shape index (κ2) is 5.66. The predicted octanol–water partition coefficient (Wildman–Crippen LogP) is 2.41. The zero-order chi connectivity index (χ0) is 14.0. The molecule has 1 N–H and O–H groups in total. The van der Waals surface area contributed by atoms with Gasteiger partial charge in [-0.25, -0.2) is 0 Å². The minimum Gasteiger partial charge on any atom is -0.480 e. The lowest BCUT2D eigenvalue weighted by atomic mass is 10.1. The Hall–Kier alpha value is -1.47. The van der Waals surface area contributed by atoms with Crippen LogP contribution in [0, 0.1) is 10.1 Å². The number of hydrogen-bond acceptors (Lipinski definition) is 4. The van der Waals surface area contributed by atoms with Gasteiger partial charge in [0.05, 0.1) is 4.92 Å². The third-order valence-electron chi connectivity index (χ3n) is 3.27. The Morgan fingerprint density at radius 3 is 2.95 bits per heavy atom. The molecule has 1 aromatic carbocycles. The molecule has 1 aliphatic heterocycles. The lowest BCUT2D eigenvalue weighted by Gasteiger charge is -2.20. The van der Waals surface area contributed by atoms with Crippen molar-refractivity contribution in [3.8, 4) is 0 Å². The third kappa shape index (κ3) is 3.10. The summed E-state index contributed by atoms with van der Waals surface area (Å²) in [6, 6.07) is 4.30. The van der Waals surface area contributed by atoms with Gasteiger partial charge in [-0.05, 0) is 31.5 Å². The molecule has 2 rings (SSSR count). The number of halogens is 1. The van der Waals surface area contributed by atoms with Gasteiger partial charge in [0.1, 0.15) is 6.04 Å². The fourth-order valence-corrected chi connectivity index (χ4v) is 2.70. The molecule has 102 valence electrons. The Bertz CT molecular complexity index is 520. The molecule has 0 amide bonds. The molecule has 0 spiro atoms. The number of likely N-dealkylation sites (tertiary alicyclic amines) is 1. The van der Waals surface area contributed by atoms with Crippen LogP contribution >= 0.6 is 15.9 Å². The van der Waals surface area contributed by atoms with E-state index in [4.69, 9.17) is 5.11 Å². The van der Waals surface area contributed by atoms with Crippen molar-refractivity contribution in [1.82, 2.24) is 4.90 Å². The molecule has 1 heterocycles. The first-order valence-corrected chi connectivity index (χ1v) is 6.68. The molecule has 0 aliphatic carbocycles. The molecule has 1 unspecified atom stereocenters. The fourth-order valence-electron chi connectivity index (χ4n) is 2.35. The van der Waals surface area contributed by atoms with Gasteiger partial charge in [-0.1, -0.05) is 15.9 Å². The lowest BCUT2D eigenvalue weighted by Crippen LogP contribution is -2.35. The van der Waals surface area contributed by atoms with Crippen molar-refractivity contribution in [3.63, 3.8) is 0 Å². The SMILES string of the molecule is O=C(O)C1CCCN1Cc1ccc(Br)cc1[N+](=O)[O-]. The maximum atomic E-state index is 11.1. The Labute approximate surface area is 118 Å². The number of aliphatic carboxylic acids is 1. The van der Waals surface area contributed by atoms with Gasteiger partial charge in [-0.2, -0.15) is 0 Å². The molecule has 1 aliphatic rings. The van der Waals surface area contributed by atoms with E-state index in [0.29, 0.717) is 29.5 Å². The topological polar surface area (TPSA) is 83.7 Å². The Balaban J connectivity index is 2.23. The minimum atomic E-state index is -0.864. The molecule has 0 bridgehead atoms. The summed E-state index contributed by atoms with van der Waals surface area (Å²) in [5.74, 6) is -0.864. The quantitative estimate of drug-likeness (QED) is 0.677. The van der Waals surface area contributed by atoms with Crippen molar-refractivity contribution in [3.05, 3.63) is 38.3 Å². The first-order valence-electron chi connectivity index (χ1n) is 5.88. The molecule has 19 heavy (non-hydrogen) atoms. The second-order valence-electron chi connectivity index (χ2n) is 4.50. The smallest absolute Gasteiger partial charge is 0.320 e. The van der Waals surface area contributed by atoms with Crippen LogP contribution in [0.25, 0.3) is 0 Å². The standard InChI is InChI=1S/C12H13BrN2O4/c13-9-4-3-8(11(6-9)15(18)19)7-14-5-1-2-10(14)12(16)17/h3-4,6,10H,1-2,5,7H2,(H,16,17). The number of hydrogen-bond donors (Lipinski definition) is 1. The number of carboxylic acids is 1. The molecule has 1 aromatic rings. The third-order valence-corrected chi connectivity index (χ3v) is 3.76. The van der Waals surface area contributed by atoms with E-state index in [-0.39, 0.29) is 5.69 Å². The van der Waals surface area contributed by atoms with E-state index in [0.717, 1.165) is 6.42 Å². The first kappa shape index (κ1) is 14.0. The van der Waals surface area contributed by atoms with E-state index in [1.807, 2.05) is 0 Å². The lowest BCUT2D eigenvalue weighted by molar-refractivity contribution is -0.385. The Kier molecular flexibility index (Phi) is 4.16. The monoisotopic (exact) mass is 328 g/mol.